The van der Waals surface area contributed by atoms with E-state index >= 15 is 0 Å². The maximum absolute atomic E-state index is 10.7. The highest BCUT2D eigenvalue weighted by Crippen LogP contribution is 1.88. The van der Waals surface area contributed by atoms with Crippen molar-refractivity contribution in [3.63, 3.8) is 0 Å². The van der Waals surface area contributed by atoms with Crippen LogP contribution < -0.4 is 0 Å². The Morgan fingerprint density at radius 2 is 1.69 bits per heavy atom. The second-order valence-electron chi connectivity index (χ2n) is 2.69. The first kappa shape index (κ1) is 20.9. The van der Waals surface area contributed by atoms with Crippen LogP contribution in [0.15, 0.2) is 0 Å². The Kier molecular flexibility index (Phi) is 26.2. The SMILES string of the molecule is CC.CC.COCCN(CCO)CC(C)=O. The monoisotopic (exact) mass is 235 g/mol. The van der Waals surface area contributed by atoms with Crippen LogP contribution >= 0.6 is 0 Å². The highest BCUT2D eigenvalue weighted by molar-refractivity contribution is 5.77. The molecule has 0 aromatic rings. The molecule has 0 aliphatic heterocycles. The Labute approximate surface area is 101 Å². The molecule has 100 valence electrons. The highest BCUT2D eigenvalue weighted by atomic mass is 16.5. The van der Waals surface area contributed by atoms with Crippen molar-refractivity contribution in [2.24, 2.45) is 0 Å². The van der Waals surface area contributed by atoms with Crippen molar-refractivity contribution in [1.82, 2.24) is 4.90 Å². The summed E-state index contributed by atoms with van der Waals surface area (Å²) in [5.41, 5.74) is 0. The van der Waals surface area contributed by atoms with Crippen molar-refractivity contribution >= 4 is 5.78 Å². The maximum Gasteiger partial charge on any atom is 0.143 e. The van der Waals surface area contributed by atoms with E-state index in [1.54, 1.807) is 7.11 Å². The molecule has 0 radical (unpaired) electrons. The molecule has 0 heterocycles. The first-order chi connectivity index (χ1) is 7.70. The molecule has 4 heteroatoms. The van der Waals surface area contributed by atoms with Gasteiger partial charge in [0.15, 0.2) is 0 Å². The van der Waals surface area contributed by atoms with Crippen LogP contribution in [-0.4, -0.2) is 55.7 Å². The van der Waals surface area contributed by atoms with Crippen LogP contribution in [-0.2, 0) is 9.53 Å². The molecule has 0 aliphatic carbocycles. The van der Waals surface area contributed by atoms with Crippen LogP contribution in [0.1, 0.15) is 34.6 Å². The summed E-state index contributed by atoms with van der Waals surface area (Å²) in [5.74, 6) is 0.111. The van der Waals surface area contributed by atoms with E-state index in [9.17, 15) is 4.79 Å². The molecule has 0 amide bonds. The van der Waals surface area contributed by atoms with E-state index in [0.29, 0.717) is 26.2 Å². The zero-order valence-electron chi connectivity index (χ0n) is 11.7. The van der Waals surface area contributed by atoms with Crippen LogP contribution in [0.4, 0.5) is 0 Å². The van der Waals surface area contributed by atoms with E-state index in [-0.39, 0.29) is 12.4 Å². The largest absolute Gasteiger partial charge is 0.395 e. The van der Waals surface area contributed by atoms with E-state index in [1.807, 2.05) is 32.6 Å². The van der Waals surface area contributed by atoms with Crippen molar-refractivity contribution in [2.75, 3.05) is 40.0 Å². The number of carbonyl (C=O) groups is 1. The summed E-state index contributed by atoms with van der Waals surface area (Å²) < 4.78 is 4.87. The minimum atomic E-state index is 0.0804. The Balaban J connectivity index is -0.000000376. The molecule has 16 heavy (non-hydrogen) atoms. The number of hydrogen-bond acceptors (Lipinski definition) is 4. The van der Waals surface area contributed by atoms with Gasteiger partial charge in [-0.15, -0.1) is 0 Å². The summed E-state index contributed by atoms with van der Waals surface area (Å²) in [6.45, 7) is 11.8. The molecule has 0 bridgehead atoms. The summed E-state index contributed by atoms with van der Waals surface area (Å²) in [4.78, 5) is 12.6. The standard InChI is InChI=1S/C8H17NO3.2C2H6/c1-8(11)7-9(3-5-10)4-6-12-2;2*1-2/h10H,3-7H2,1-2H3;2*1-2H3. The van der Waals surface area contributed by atoms with E-state index in [4.69, 9.17) is 9.84 Å². The zero-order valence-corrected chi connectivity index (χ0v) is 11.7. The highest BCUT2D eigenvalue weighted by Gasteiger charge is 2.05. The molecule has 1 N–H and O–H groups in total. The molecular weight excluding hydrogens is 206 g/mol. The third-order valence-corrected chi connectivity index (χ3v) is 1.47. The zero-order chi connectivity index (χ0) is 13.4. The van der Waals surface area contributed by atoms with Gasteiger partial charge in [-0.05, 0) is 6.92 Å². The Hall–Kier alpha value is -0.450. The van der Waals surface area contributed by atoms with Crippen molar-refractivity contribution in [2.45, 2.75) is 34.6 Å². The van der Waals surface area contributed by atoms with Crippen LogP contribution in [0.3, 0.4) is 0 Å². The van der Waals surface area contributed by atoms with Crippen molar-refractivity contribution in [1.29, 1.82) is 0 Å². The smallest absolute Gasteiger partial charge is 0.143 e. The van der Waals surface area contributed by atoms with E-state index in [1.165, 1.54) is 6.92 Å². The number of aliphatic hydroxyl groups is 1. The number of hydrogen-bond donors (Lipinski definition) is 1. The fourth-order valence-electron chi connectivity index (χ4n) is 0.947. The molecule has 4 nitrogen and oxygen atoms in total. The summed E-state index contributed by atoms with van der Waals surface area (Å²) in [6, 6.07) is 0. The number of nitrogens with zero attached hydrogens (tertiary/aromatic N) is 1. The number of rotatable bonds is 7. The van der Waals surface area contributed by atoms with Crippen molar-refractivity contribution < 1.29 is 14.6 Å². The lowest BCUT2D eigenvalue weighted by Gasteiger charge is -2.18. The molecule has 0 unspecified atom stereocenters. The fraction of sp³-hybridized carbons (Fsp3) is 0.917. The molecule has 0 atom stereocenters. The number of ketones is 1. The normalized spacial score (nSPS) is 8.75. The molecule has 0 spiro atoms. The topological polar surface area (TPSA) is 49.8 Å². The number of carbonyl (C=O) groups excluding carboxylic acids is 1. The van der Waals surface area contributed by atoms with Crippen LogP contribution in [0.2, 0.25) is 0 Å². The molecule has 0 fully saturated rings. The van der Waals surface area contributed by atoms with Crippen molar-refractivity contribution in [3.8, 4) is 0 Å². The van der Waals surface area contributed by atoms with Crippen LogP contribution in [0, 0.1) is 0 Å². The van der Waals surface area contributed by atoms with Gasteiger partial charge in [0.25, 0.3) is 0 Å². The number of ether oxygens (including phenoxy) is 1. The maximum atomic E-state index is 10.7. The number of aliphatic hydroxyl groups excluding tert-OH is 1. The van der Waals surface area contributed by atoms with Gasteiger partial charge in [0.05, 0.1) is 19.8 Å². The Morgan fingerprint density at radius 1 is 1.19 bits per heavy atom. The van der Waals surface area contributed by atoms with E-state index in [2.05, 4.69) is 0 Å². The van der Waals surface area contributed by atoms with Gasteiger partial charge in [-0.2, -0.15) is 0 Å². The minimum Gasteiger partial charge on any atom is -0.395 e. The molecule has 0 aromatic heterocycles. The predicted molar refractivity (Wildman–Crippen MR) is 68.8 cm³/mol. The molecule has 0 aliphatic rings. The molecule has 0 aromatic carbocycles. The molecule has 0 saturated carbocycles. The second-order valence-corrected chi connectivity index (χ2v) is 2.69. The van der Waals surface area contributed by atoms with Gasteiger partial charge in [-0.3, -0.25) is 9.69 Å². The van der Waals surface area contributed by atoms with Gasteiger partial charge < -0.3 is 9.84 Å². The van der Waals surface area contributed by atoms with Gasteiger partial charge in [-0.1, -0.05) is 27.7 Å². The quantitative estimate of drug-likeness (QED) is 0.727. The first-order valence-electron chi connectivity index (χ1n) is 6.02. The van der Waals surface area contributed by atoms with Gasteiger partial charge in [0.2, 0.25) is 0 Å². The lowest BCUT2D eigenvalue weighted by atomic mass is 10.4. The first-order valence-corrected chi connectivity index (χ1v) is 6.02. The van der Waals surface area contributed by atoms with E-state index < -0.39 is 0 Å². The van der Waals surface area contributed by atoms with E-state index in [0.717, 1.165) is 0 Å². The van der Waals surface area contributed by atoms with Crippen LogP contribution in [0.25, 0.3) is 0 Å². The Bertz CT molecular complexity index is 129. The minimum absolute atomic E-state index is 0.0804. The summed E-state index contributed by atoms with van der Waals surface area (Å²) in [7, 11) is 1.62. The lowest BCUT2D eigenvalue weighted by molar-refractivity contribution is -0.118. The second kappa shape index (κ2) is 20.0. The van der Waals surface area contributed by atoms with Gasteiger partial charge in [0.1, 0.15) is 5.78 Å². The van der Waals surface area contributed by atoms with Crippen molar-refractivity contribution in [3.05, 3.63) is 0 Å². The fourth-order valence-corrected chi connectivity index (χ4v) is 0.947. The summed E-state index contributed by atoms with van der Waals surface area (Å²) >= 11 is 0. The number of methoxy groups -OCH3 is 1. The molecule has 0 rings (SSSR count). The van der Waals surface area contributed by atoms with Gasteiger partial charge in [-0.25, -0.2) is 0 Å². The lowest BCUT2D eigenvalue weighted by Crippen LogP contribution is -2.34. The molecular formula is C12H29NO3. The molecule has 0 saturated heterocycles. The average molecular weight is 235 g/mol. The summed E-state index contributed by atoms with van der Waals surface area (Å²) in [6.07, 6.45) is 0. The van der Waals surface area contributed by atoms with Gasteiger partial charge >= 0.3 is 0 Å². The summed E-state index contributed by atoms with van der Waals surface area (Å²) in [5, 5.41) is 8.66. The predicted octanol–water partition coefficient (Wildman–Crippen LogP) is 1.57. The third-order valence-electron chi connectivity index (χ3n) is 1.47. The third kappa shape index (κ3) is 19.2. The number of Topliss-reactive ketones (excluding diaryl/α,β-unsaturated/α-hetero) is 1. The average Bonchev–Trinajstić information content (AvgIpc) is 2.31. The van der Waals surface area contributed by atoms with Crippen LogP contribution in [0.5, 0.6) is 0 Å². The van der Waals surface area contributed by atoms with Gasteiger partial charge in [0, 0.05) is 20.2 Å². The Morgan fingerprint density at radius 3 is 2.00 bits per heavy atom.